The Hall–Kier alpha value is -1.92. The fraction of sp³-hybridized carbons (Fsp3) is 0.438. The smallest absolute Gasteiger partial charge is 0.267 e. The van der Waals surface area contributed by atoms with E-state index in [1.807, 2.05) is 0 Å². The Kier molecular flexibility index (Phi) is 4.40. The molecule has 1 fully saturated rings. The molecule has 0 aliphatic heterocycles. The maximum absolute atomic E-state index is 13.1. The van der Waals surface area contributed by atoms with Gasteiger partial charge in [-0.1, -0.05) is 0 Å². The van der Waals surface area contributed by atoms with Crippen molar-refractivity contribution < 1.29 is 19.0 Å². The van der Waals surface area contributed by atoms with Crippen LogP contribution in [0.25, 0.3) is 10.9 Å². The number of aliphatic hydroxyl groups excluding tert-OH is 1. The van der Waals surface area contributed by atoms with E-state index in [9.17, 15) is 14.3 Å². The number of H-pyrrole nitrogens is 1. The molecule has 22 heavy (non-hydrogen) atoms. The number of ether oxygens (including phenoxy) is 1. The third kappa shape index (κ3) is 3.84. The maximum atomic E-state index is 13.1. The lowest BCUT2D eigenvalue weighted by Crippen LogP contribution is -2.34. The molecule has 1 heterocycles. The fourth-order valence-corrected chi connectivity index (χ4v) is 2.25. The quantitative estimate of drug-likeness (QED) is 0.730. The lowest BCUT2D eigenvalue weighted by Gasteiger charge is -2.11. The highest BCUT2D eigenvalue weighted by molar-refractivity contribution is 5.97. The summed E-state index contributed by atoms with van der Waals surface area (Å²) in [5.41, 5.74) is 1.03. The maximum Gasteiger partial charge on any atom is 0.267 e. The molecule has 1 aromatic carbocycles. The number of aromatic amines is 1. The summed E-state index contributed by atoms with van der Waals surface area (Å²) in [7, 11) is 0. The van der Waals surface area contributed by atoms with Crippen molar-refractivity contribution in [3.05, 3.63) is 35.8 Å². The van der Waals surface area contributed by atoms with Crippen molar-refractivity contribution in [3.63, 3.8) is 0 Å². The molecule has 0 radical (unpaired) electrons. The second-order valence-corrected chi connectivity index (χ2v) is 5.76. The zero-order valence-corrected chi connectivity index (χ0v) is 12.1. The van der Waals surface area contributed by atoms with Gasteiger partial charge in [-0.2, -0.15) is 0 Å². The van der Waals surface area contributed by atoms with Crippen LogP contribution in [0.2, 0.25) is 0 Å². The number of nitrogens with one attached hydrogen (secondary N) is 2. The highest BCUT2D eigenvalue weighted by atomic mass is 19.1. The molecule has 3 rings (SSSR count). The Morgan fingerprint density at radius 1 is 1.45 bits per heavy atom. The number of rotatable bonds is 7. The lowest BCUT2D eigenvalue weighted by atomic mass is 10.2. The summed E-state index contributed by atoms with van der Waals surface area (Å²) in [5.74, 6) is -0.0342. The van der Waals surface area contributed by atoms with Crippen LogP contribution >= 0.6 is 0 Å². The van der Waals surface area contributed by atoms with Gasteiger partial charge in [0.1, 0.15) is 11.5 Å². The predicted molar refractivity (Wildman–Crippen MR) is 80.1 cm³/mol. The molecular formula is C16H19FN2O3. The molecule has 6 heteroatoms. The van der Waals surface area contributed by atoms with Crippen LogP contribution in [0.3, 0.4) is 0 Å². The molecule has 0 bridgehead atoms. The molecular weight excluding hydrogens is 287 g/mol. The van der Waals surface area contributed by atoms with Gasteiger partial charge in [0, 0.05) is 24.1 Å². The number of halogens is 1. The minimum absolute atomic E-state index is 0.118. The van der Waals surface area contributed by atoms with Crippen molar-refractivity contribution in [2.45, 2.75) is 18.9 Å². The minimum atomic E-state index is -0.732. The first-order chi connectivity index (χ1) is 10.6. The van der Waals surface area contributed by atoms with E-state index >= 15 is 0 Å². The third-order valence-electron chi connectivity index (χ3n) is 3.69. The number of hydrogen-bond donors (Lipinski definition) is 3. The van der Waals surface area contributed by atoms with Crippen LogP contribution in [0.15, 0.2) is 24.3 Å². The van der Waals surface area contributed by atoms with E-state index in [1.165, 1.54) is 25.0 Å². The summed E-state index contributed by atoms with van der Waals surface area (Å²) in [6.07, 6.45) is 1.67. The second-order valence-electron chi connectivity index (χ2n) is 5.76. The molecule has 1 atom stereocenters. The van der Waals surface area contributed by atoms with Gasteiger partial charge in [-0.15, -0.1) is 0 Å². The summed E-state index contributed by atoms with van der Waals surface area (Å²) in [6.45, 7) is 1.01. The van der Waals surface area contributed by atoms with Gasteiger partial charge in [-0.05, 0) is 43.0 Å². The normalized spacial score (nSPS) is 15.9. The molecule has 0 spiro atoms. The van der Waals surface area contributed by atoms with Crippen LogP contribution < -0.4 is 5.32 Å². The van der Waals surface area contributed by atoms with Crippen molar-refractivity contribution in [2.24, 2.45) is 5.92 Å². The predicted octanol–water partition coefficient (Wildman–Crippen LogP) is 1.82. The Labute approximate surface area is 127 Å². The molecule has 1 aliphatic carbocycles. The first kappa shape index (κ1) is 15.0. The van der Waals surface area contributed by atoms with E-state index in [0.29, 0.717) is 29.1 Å². The van der Waals surface area contributed by atoms with Crippen LogP contribution in [0.4, 0.5) is 4.39 Å². The number of fused-ring (bicyclic) bond motifs is 1. The summed E-state index contributed by atoms with van der Waals surface area (Å²) in [6, 6.07) is 5.87. The zero-order valence-electron chi connectivity index (χ0n) is 12.1. The van der Waals surface area contributed by atoms with Crippen molar-refractivity contribution in [2.75, 3.05) is 19.8 Å². The minimum Gasteiger partial charge on any atom is -0.389 e. The van der Waals surface area contributed by atoms with Crippen LogP contribution in [0.5, 0.6) is 0 Å². The van der Waals surface area contributed by atoms with Gasteiger partial charge in [0.25, 0.3) is 5.91 Å². The molecule has 1 aliphatic rings. The number of carbonyl (C=O) groups excluding carboxylic acids is 1. The largest absolute Gasteiger partial charge is 0.389 e. The Bertz CT molecular complexity index is 666. The van der Waals surface area contributed by atoms with Gasteiger partial charge in [-0.25, -0.2) is 4.39 Å². The van der Waals surface area contributed by atoms with Crippen LogP contribution in [-0.4, -0.2) is 41.9 Å². The van der Waals surface area contributed by atoms with Crippen LogP contribution in [-0.2, 0) is 4.74 Å². The van der Waals surface area contributed by atoms with Crippen molar-refractivity contribution in [1.82, 2.24) is 10.3 Å². The topological polar surface area (TPSA) is 74.3 Å². The molecule has 2 aromatic rings. The third-order valence-corrected chi connectivity index (χ3v) is 3.69. The van der Waals surface area contributed by atoms with Gasteiger partial charge in [0.05, 0.1) is 12.7 Å². The fourth-order valence-electron chi connectivity index (χ4n) is 2.25. The van der Waals surface area contributed by atoms with Gasteiger partial charge in [0.15, 0.2) is 0 Å². The molecule has 1 aromatic heterocycles. The second kappa shape index (κ2) is 6.46. The van der Waals surface area contributed by atoms with Crippen molar-refractivity contribution in [1.29, 1.82) is 0 Å². The summed E-state index contributed by atoms with van der Waals surface area (Å²) < 4.78 is 18.5. The van der Waals surface area contributed by atoms with Crippen molar-refractivity contribution >= 4 is 16.8 Å². The average molecular weight is 306 g/mol. The van der Waals surface area contributed by atoms with Gasteiger partial charge in [0.2, 0.25) is 0 Å². The van der Waals surface area contributed by atoms with E-state index in [1.54, 1.807) is 12.1 Å². The number of amides is 1. The monoisotopic (exact) mass is 306 g/mol. The number of aromatic nitrogens is 1. The van der Waals surface area contributed by atoms with Crippen LogP contribution in [0.1, 0.15) is 23.3 Å². The first-order valence-electron chi connectivity index (χ1n) is 7.44. The highest BCUT2D eigenvalue weighted by Crippen LogP contribution is 2.28. The Morgan fingerprint density at radius 3 is 3.05 bits per heavy atom. The standard InChI is InChI=1S/C16H19FN2O3/c17-12-3-4-14-11(5-12)6-15(19-14)16(21)18-7-13(20)9-22-8-10-1-2-10/h3-6,10,13,19-20H,1-2,7-9H2,(H,18,21). The summed E-state index contributed by atoms with van der Waals surface area (Å²) in [4.78, 5) is 14.9. The average Bonchev–Trinajstić information content (AvgIpc) is 3.21. The van der Waals surface area contributed by atoms with E-state index in [2.05, 4.69) is 10.3 Å². The van der Waals surface area contributed by atoms with E-state index in [4.69, 9.17) is 4.74 Å². The van der Waals surface area contributed by atoms with Crippen molar-refractivity contribution in [3.8, 4) is 0 Å². The molecule has 5 nitrogen and oxygen atoms in total. The SMILES string of the molecule is O=C(NCC(O)COCC1CC1)c1cc2cc(F)ccc2[nH]1. The Morgan fingerprint density at radius 2 is 2.27 bits per heavy atom. The number of carbonyl (C=O) groups is 1. The molecule has 1 unspecified atom stereocenters. The van der Waals surface area contributed by atoms with E-state index in [-0.39, 0.29) is 24.9 Å². The lowest BCUT2D eigenvalue weighted by molar-refractivity contribution is 0.0320. The number of aliphatic hydroxyl groups is 1. The molecule has 1 amide bonds. The first-order valence-corrected chi connectivity index (χ1v) is 7.44. The van der Waals surface area contributed by atoms with Gasteiger partial charge >= 0.3 is 0 Å². The molecule has 118 valence electrons. The summed E-state index contributed by atoms with van der Waals surface area (Å²) >= 11 is 0. The highest BCUT2D eigenvalue weighted by Gasteiger charge is 2.21. The zero-order chi connectivity index (χ0) is 15.5. The van der Waals surface area contributed by atoms with E-state index < -0.39 is 6.10 Å². The Balaban J connectivity index is 1.49. The summed E-state index contributed by atoms with van der Waals surface area (Å²) in [5, 5.41) is 13.0. The molecule has 3 N–H and O–H groups in total. The number of benzene rings is 1. The van der Waals surface area contributed by atoms with Gasteiger partial charge in [-0.3, -0.25) is 4.79 Å². The van der Waals surface area contributed by atoms with Gasteiger partial charge < -0.3 is 20.1 Å². The van der Waals surface area contributed by atoms with Crippen LogP contribution in [0, 0.1) is 11.7 Å². The number of hydrogen-bond acceptors (Lipinski definition) is 3. The molecule has 0 saturated heterocycles. The van der Waals surface area contributed by atoms with E-state index in [0.717, 1.165) is 0 Å². The molecule has 1 saturated carbocycles.